The van der Waals surface area contributed by atoms with Crippen LogP contribution in [-0.2, 0) is 0 Å². The molecule has 0 saturated carbocycles. The molecule has 2 rings (SSSR count). The van der Waals surface area contributed by atoms with Crippen LogP contribution < -0.4 is 5.32 Å². The van der Waals surface area contributed by atoms with Crippen molar-refractivity contribution in [2.45, 2.75) is 26.8 Å². The van der Waals surface area contributed by atoms with Crippen molar-refractivity contribution >= 4 is 10.8 Å². The number of likely N-dealkylation sites (N-methyl/N-ethyl adjacent to an activating group) is 1. The van der Waals surface area contributed by atoms with Crippen LogP contribution in [0.4, 0.5) is 0 Å². The van der Waals surface area contributed by atoms with Gasteiger partial charge in [-0.15, -0.1) is 0 Å². The molecule has 0 aromatic heterocycles. The van der Waals surface area contributed by atoms with E-state index >= 15 is 0 Å². The predicted molar refractivity (Wildman–Crippen MR) is 79.8 cm³/mol. The third kappa shape index (κ3) is 2.80. The molecule has 0 radical (unpaired) electrons. The van der Waals surface area contributed by atoms with Gasteiger partial charge in [-0.3, -0.25) is 0 Å². The fourth-order valence-electron chi connectivity index (χ4n) is 2.33. The van der Waals surface area contributed by atoms with Crippen LogP contribution in [0.1, 0.15) is 32.4 Å². The lowest BCUT2D eigenvalue weighted by molar-refractivity contribution is 0.648. The molecule has 1 unspecified atom stereocenters. The number of fused-ring (bicyclic) bond motifs is 1. The average molecular weight is 239 g/mol. The van der Waals surface area contributed by atoms with Crippen molar-refractivity contribution in [2.24, 2.45) is 0 Å². The highest BCUT2D eigenvalue weighted by atomic mass is 14.9. The van der Waals surface area contributed by atoms with Gasteiger partial charge < -0.3 is 5.32 Å². The van der Waals surface area contributed by atoms with Crippen LogP contribution >= 0.6 is 0 Å². The summed E-state index contributed by atoms with van der Waals surface area (Å²) in [5, 5.41) is 6.19. The molecule has 2 aromatic carbocycles. The Bertz CT molecular complexity index is 545. The van der Waals surface area contributed by atoms with Crippen LogP contribution in [0, 0.1) is 0 Å². The van der Waals surface area contributed by atoms with Crippen molar-refractivity contribution in [3.63, 3.8) is 0 Å². The molecule has 0 aliphatic heterocycles. The lowest BCUT2D eigenvalue weighted by Gasteiger charge is -2.17. The molecule has 1 nitrogen and oxygen atoms in total. The summed E-state index contributed by atoms with van der Waals surface area (Å²) in [6.07, 6.45) is 2.30. The van der Waals surface area contributed by atoms with Gasteiger partial charge in [0, 0.05) is 0 Å². The number of nitrogens with one attached hydrogen (secondary N) is 1. The summed E-state index contributed by atoms with van der Waals surface area (Å²) in [5.41, 5.74) is 2.70. The Balaban J connectivity index is 2.53. The molecular weight excluding hydrogens is 218 g/mol. The van der Waals surface area contributed by atoms with E-state index in [1.165, 1.54) is 21.9 Å². The molecule has 0 amide bonds. The van der Waals surface area contributed by atoms with Gasteiger partial charge in [-0.1, -0.05) is 61.0 Å². The van der Waals surface area contributed by atoms with Crippen molar-refractivity contribution < 1.29 is 0 Å². The van der Waals surface area contributed by atoms with Gasteiger partial charge in [0.25, 0.3) is 0 Å². The molecule has 0 aliphatic carbocycles. The summed E-state index contributed by atoms with van der Waals surface area (Å²) in [4.78, 5) is 0. The normalized spacial score (nSPS) is 12.4. The van der Waals surface area contributed by atoms with E-state index in [2.05, 4.69) is 74.6 Å². The smallest absolute Gasteiger partial charge is 0.0514 e. The monoisotopic (exact) mass is 239 g/mol. The van der Waals surface area contributed by atoms with E-state index in [0.29, 0.717) is 6.04 Å². The van der Waals surface area contributed by atoms with E-state index in [1.54, 1.807) is 0 Å². The first kappa shape index (κ1) is 12.8. The molecule has 0 aliphatic rings. The maximum atomic E-state index is 3.55. The molecule has 0 heterocycles. The Morgan fingerprint density at radius 3 is 2.56 bits per heavy atom. The molecule has 1 atom stereocenters. The van der Waals surface area contributed by atoms with E-state index in [4.69, 9.17) is 0 Å². The first-order valence-electron chi connectivity index (χ1n) is 6.58. The minimum absolute atomic E-state index is 0.297. The summed E-state index contributed by atoms with van der Waals surface area (Å²) in [6, 6.07) is 15.4. The molecule has 94 valence electrons. The van der Waals surface area contributed by atoms with Gasteiger partial charge in [-0.25, -0.2) is 0 Å². The number of rotatable bonds is 4. The van der Waals surface area contributed by atoms with Gasteiger partial charge in [-0.05, 0) is 36.7 Å². The lowest BCUT2D eigenvalue weighted by Crippen LogP contribution is -2.19. The molecular formula is C17H21N. The van der Waals surface area contributed by atoms with Crippen molar-refractivity contribution in [2.75, 3.05) is 6.54 Å². The number of hydrogen-bond acceptors (Lipinski definition) is 1. The van der Waals surface area contributed by atoms with Crippen LogP contribution in [0.2, 0.25) is 0 Å². The molecule has 0 saturated heterocycles. The van der Waals surface area contributed by atoms with Crippen LogP contribution in [0.5, 0.6) is 0 Å². The number of benzene rings is 2. The van der Waals surface area contributed by atoms with Crippen LogP contribution in [0.15, 0.2) is 54.1 Å². The van der Waals surface area contributed by atoms with Crippen LogP contribution in [0.3, 0.4) is 0 Å². The highest BCUT2D eigenvalue weighted by Gasteiger charge is 2.10. The predicted octanol–water partition coefficient (Wildman–Crippen LogP) is 4.46. The zero-order valence-corrected chi connectivity index (χ0v) is 11.4. The van der Waals surface area contributed by atoms with Crippen LogP contribution in [-0.4, -0.2) is 6.54 Å². The van der Waals surface area contributed by atoms with Crippen LogP contribution in [0.25, 0.3) is 10.8 Å². The standard InChI is InChI=1S/C17H21N/c1-4-18-17(12-13(2)3)16-11-7-9-14-8-5-6-10-15(14)16/h5-12,17-18H,4H2,1-3H3. The van der Waals surface area contributed by atoms with E-state index in [9.17, 15) is 0 Å². The van der Waals surface area contributed by atoms with E-state index in [0.717, 1.165) is 6.54 Å². The van der Waals surface area contributed by atoms with Gasteiger partial charge in [0.15, 0.2) is 0 Å². The Morgan fingerprint density at radius 2 is 1.83 bits per heavy atom. The fraction of sp³-hybridized carbons (Fsp3) is 0.294. The SMILES string of the molecule is CCNC(C=C(C)C)c1cccc2ccccc12. The largest absolute Gasteiger partial charge is 0.307 e. The molecule has 0 bridgehead atoms. The molecule has 0 fully saturated rings. The topological polar surface area (TPSA) is 12.0 Å². The Labute approximate surface area is 110 Å². The summed E-state index contributed by atoms with van der Waals surface area (Å²) in [6.45, 7) is 7.42. The molecule has 2 aromatic rings. The van der Waals surface area contributed by atoms with E-state index in [1.807, 2.05) is 0 Å². The zero-order valence-electron chi connectivity index (χ0n) is 11.4. The Morgan fingerprint density at radius 1 is 1.11 bits per heavy atom. The summed E-state index contributed by atoms with van der Waals surface area (Å²) in [7, 11) is 0. The summed E-state index contributed by atoms with van der Waals surface area (Å²) < 4.78 is 0. The lowest BCUT2D eigenvalue weighted by atomic mass is 9.97. The third-order valence-electron chi connectivity index (χ3n) is 3.08. The first-order valence-corrected chi connectivity index (χ1v) is 6.58. The van der Waals surface area contributed by atoms with Crippen molar-refractivity contribution in [1.29, 1.82) is 0 Å². The fourth-order valence-corrected chi connectivity index (χ4v) is 2.33. The van der Waals surface area contributed by atoms with Gasteiger partial charge in [0.05, 0.1) is 6.04 Å². The third-order valence-corrected chi connectivity index (χ3v) is 3.08. The van der Waals surface area contributed by atoms with Crippen molar-refractivity contribution in [1.82, 2.24) is 5.32 Å². The summed E-state index contributed by atoms with van der Waals surface area (Å²) >= 11 is 0. The number of hydrogen-bond donors (Lipinski definition) is 1. The number of allylic oxidation sites excluding steroid dienone is 1. The Hall–Kier alpha value is -1.60. The maximum absolute atomic E-state index is 3.55. The zero-order chi connectivity index (χ0) is 13.0. The van der Waals surface area contributed by atoms with E-state index in [-0.39, 0.29) is 0 Å². The van der Waals surface area contributed by atoms with Gasteiger partial charge in [-0.2, -0.15) is 0 Å². The molecule has 18 heavy (non-hydrogen) atoms. The minimum atomic E-state index is 0.297. The first-order chi connectivity index (χ1) is 8.72. The maximum Gasteiger partial charge on any atom is 0.0514 e. The summed E-state index contributed by atoms with van der Waals surface area (Å²) in [5.74, 6) is 0. The minimum Gasteiger partial charge on any atom is -0.307 e. The van der Waals surface area contributed by atoms with Crippen molar-refractivity contribution in [3.05, 3.63) is 59.7 Å². The second kappa shape index (κ2) is 5.83. The van der Waals surface area contributed by atoms with Gasteiger partial charge in [0.2, 0.25) is 0 Å². The molecule has 1 heteroatoms. The highest BCUT2D eigenvalue weighted by molar-refractivity contribution is 5.86. The Kier molecular flexibility index (Phi) is 4.16. The molecule has 1 N–H and O–H groups in total. The van der Waals surface area contributed by atoms with Gasteiger partial charge >= 0.3 is 0 Å². The second-order valence-electron chi connectivity index (χ2n) is 4.85. The second-order valence-corrected chi connectivity index (χ2v) is 4.85. The average Bonchev–Trinajstić information content (AvgIpc) is 2.37. The quantitative estimate of drug-likeness (QED) is 0.777. The van der Waals surface area contributed by atoms with Crippen molar-refractivity contribution in [3.8, 4) is 0 Å². The molecule has 0 spiro atoms. The highest BCUT2D eigenvalue weighted by Crippen LogP contribution is 2.25. The van der Waals surface area contributed by atoms with E-state index < -0.39 is 0 Å². The van der Waals surface area contributed by atoms with Gasteiger partial charge in [0.1, 0.15) is 0 Å².